The van der Waals surface area contributed by atoms with Crippen molar-refractivity contribution in [2.45, 2.75) is 39.3 Å². The Morgan fingerprint density at radius 2 is 1.85 bits per heavy atom. The van der Waals surface area contributed by atoms with E-state index in [-0.39, 0.29) is 11.9 Å². The lowest BCUT2D eigenvalue weighted by Crippen LogP contribution is -2.30. The fourth-order valence-electron chi connectivity index (χ4n) is 3.45. The smallest absolute Gasteiger partial charge is 0.312 e. The number of benzene rings is 2. The number of aryl methyl sites for hydroxylation is 2. The van der Waals surface area contributed by atoms with Crippen LogP contribution in [-0.4, -0.2) is 23.4 Å². The summed E-state index contributed by atoms with van der Waals surface area (Å²) in [7, 11) is 0. The summed E-state index contributed by atoms with van der Waals surface area (Å²) in [5.41, 5.74) is 10.4. The molecule has 0 aliphatic carbocycles. The van der Waals surface area contributed by atoms with Crippen molar-refractivity contribution in [1.29, 1.82) is 0 Å². The number of hydrogen-bond acceptors (Lipinski definition) is 2. The normalized spacial score (nSPS) is 16.5. The molecule has 2 aromatic rings. The van der Waals surface area contributed by atoms with Crippen molar-refractivity contribution >= 4 is 11.9 Å². The van der Waals surface area contributed by atoms with Gasteiger partial charge in [-0.15, -0.1) is 0 Å². The molecule has 1 saturated heterocycles. The van der Waals surface area contributed by atoms with Crippen molar-refractivity contribution in [3.05, 3.63) is 70.3 Å². The molecule has 1 aliphatic heterocycles. The molecule has 136 valence electrons. The maximum absolute atomic E-state index is 13.0. The van der Waals surface area contributed by atoms with Gasteiger partial charge in [-0.25, -0.2) is 4.79 Å². The molecule has 3 rings (SSSR count). The van der Waals surface area contributed by atoms with Gasteiger partial charge in [-0.05, 0) is 61.1 Å². The number of carbonyl (C=O) groups is 2. The number of urea groups is 1. The van der Waals surface area contributed by atoms with Gasteiger partial charge in [-0.2, -0.15) is 0 Å². The molecule has 0 radical (unpaired) electrons. The third-order valence-corrected chi connectivity index (χ3v) is 5.10. The van der Waals surface area contributed by atoms with Gasteiger partial charge >= 0.3 is 6.03 Å². The standard InChI is InChI=1S/C21H25N3O2/c1-14-5-8-18(12-15(14)2)19-4-3-11-24(19)20(25)17-9-6-16(7-10-17)13-23-21(22)26/h5-10,12,19H,3-4,11,13H2,1-2H3,(H3,22,23,26)/t19-/m0/s1. The summed E-state index contributed by atoms with van der Waals surface area (Å²) in [4.78, 5) is 25.8. The van der Waals surface area contributed by atoms with Crippen LogP contribution in [0.5, 0.6) is 0 Å². The van der Waals surface area contributed by atoms with Crippen molar-refractivity contribution in [2.24, 2.45) is 5.73 Å². The van der Waals surface area contributed by atoms with E-state index >= 15 is 0 Å². The first-order valence-corrected chi connectivity index (χ1v) is 8.96. The quantitative estimate of drug-likeness (QED) is 0.885. The zero-order valence-electron chi connectivity index (χ0n) is 15.3. The predicted molar refractivity (Wildman–Crippen MR) is 102 cm³/mol. The minimum Gasteiger partial charge on any atom is -0.352 e. The topological polar surface area (TPSA) is 75.4 Å². The molecule has 3 N–H and O–H groups in total. The second-order valence-electron chi connectivity index (χ2n) is 6.91. The number of nitrogens with one attached hydrogen (secondary N) is 1. The summed E-state index contributed by atoms with van der Waals surface area (Å²) in [6.45, 7) is 5.35. The Balaban J connectivity index is 1.75. The monoisotopic (exact) mass is 351 g/mol. The number of hydrogen-bond donors (Lipinski definition) is 2. The highest BCUT2D eigenvalue weighted by Crippen LogP contribution is 2.34. The van der Waals surface area contributed by atoms with Crippen LogP contribution >= 0.6 is 0 Å². The molecule has 0 spiro atoms. The zero-order chi connectivity index (χ0) is 18.7. The fourth-order valence-corrected chi connectivity index (χ4v) is 3.45. The zero-order valence-corrected chi connectivity index (χ0v) is 15.3. The van der Waals surface area contributed by atoms with Crippen molar-refractivity contribution in [3.63, 3.8) is 0 Å². The molecule has 1 fully saturated rings. The lowest BCUT2D eigenvalue weighted by atomic mass is 9.99. The van der Waals surface area contributed by atoms with E-state index in [2.05, 4.69) is 37.4 Å². The number of amides is 3. The molecule has 2 aromatic carbocycles. The van der Waals surface area contributed by atoms with Crippen LogP contribution in [-0.2, 0) is 6.54 Å². The summed E-state index contributed by atoms with van der Waals surface area (Å²) >= 11 is 0. The lowest BCUT2D eigenvalue weighted by Gasteiger charge is -2.26. The van der Waals surface area contributed by atoms with Gasteiger partial charge in [0.2, 0.25) is 0 Å². The molecule has 0 saturated carbocycles. The van der Waals surface area contributed by atoms with Crippen molar-refractivity contribution < 1.29 is 9.59 Å². The third-order valence-electron chi connectivity index (χ3n) is 5.10. The first-order chi connectivity index (χ1) is 12.5. The lowest BCUT2D eigenvalue weighted by molar-refractivity contribution is 0.0735. The highest BCUT2D eigenvalue weighted by Gasteiger charge is 2.30. The van der Waals surface area contributed by atoms with Gasteiger partial charge in [0, 0.05) is 18.7 Å². The molecule has 1 atom stereocenters. The number of likely N-dealkylation sites (tertiary alicyclic amines) is 1. The van der Waals surface area contributed by atoms with E-state index in [1.54, 1.807) is 0 Å². The summed E-state index contributed by atoms with van der Waals surface area (Å²) < 4.78 is 0. The first-order valence-electron chi connectivity index (χ1n) is 8.96. The van der Waals surface area contributed by atoms with Crippen LogP contribution < -0.4 is 11.1 Å². The maximum atomic E-state index is 13.0. The van der Waals surface area contributed by atoms with Crippen molar-refractivity contribution in [1.82, 2.24) is 10.2 Å². The van der Waals surface area contributed by atoms with E-state index in [9.17, 15) is 9.59 Å². The average molecular weight is 351 g/mol. The number of rotatable bonds is 4. The summed E-state index contributed by atoms with van der Waals surface area (Å²) in [6, 6.07) is 13.4. The molecule has 5 nitrogen and oxygen atoms in total. The highest BCUT2D eigenvalue weighted by atomic mass is 16.2. The van der Waals surface area contributed by atoms with Gasteiger partial charge < -0.3 is 16.0 Å². The largest absolute Gasteiger partial charge is 0.352 e. The second-order valence-corrected chi connectivity index (χ2v) is 6.91. The molecule has 1 heterocycles. The molecular formula is C21H25N3O2. The number of nitrogens with two attached hydrogens (primary N) is 1. The van der Waals surface area contributed by atoms with Crippen LogP contribution in [0.1, 0.15) is 51.5 Å². The minimum atomic E-state index is -0.557. The van der Waals surface area contributed by atoms with Gasteiger partial charge in [-0.1, -0.05) is 30.3 Å². The van der Waals surface area contributed by atoms with Crippen LogP contribution in [0.4, 0.5) is 4.79 Å². The summed E-state index contributed by atoms with van der Waals surface area (Å²) in [5, 5.41) is 2.55. The van der Waals surface area contributed by atoms with Crippen LogP contribution in [0.25, 0.3) is 0 Å². The molecule has 3 amide bonds. The fraction of sp³-hybridized carbons (Fsp3) is 0.333. The van der Waals surface area contributed by atoms with Crippen molar-refractivity contribution in [3.8, 4) is 0 Å². The summed E-state index contributed by atoms with van der Waals surface area (Å²) in [6.07, 6.45) is 2.01. The van der Waals surface area contributed by atoms with Crippen molar-refractivity contribution in [2.75, 3.05) is 6.54 Å². The van der Waals surface area contributed by atoms with E-state index in [0.717, 1.165) is 24.9 Å². The molecule has 5 heteroatoms. The Morgan fingerprint density at radius 3 is 2.50 bits per heavy atom. The van der Waals surface area contributed by atoms with Gasteiger partial charge in [0.25, 0.3) is 5.91 Å². The Labute approximate surface area is 154 Å². The number of carbonyl (C=O) groups excluding carboxylic acids is 2. The van der Waals surface area contributed by atoms with E-state index in [4.69, 9.17) is 5.73 Å². The minimum absolute atomic E-state index is 0.0557. The third kappa shape index (κ3) is 3.87. The van der Waals surface area contributed by atoms with Gasteiger partial charge in [0.15, 0.2) is 0 Å². The highest BCUT2D eigenvalue weighted by molar-refractivity contribution is 5.94. The van der Waals surface area contributed by atoms with Crippen LogP contribution in [0.15, 0.2) is 42.5 Å². The average Bonchev–Trinajstić information content (AvgIpc) is 3.12. The Morgan fingerprint density at radius 1 is 1.12 bits per heavy atom. The summed E-state index contributed by atoms with van der Waals surface area (Å²) in [5.74, 6) is 0.0557. The van der Waals surface area contributed by atoms with E-state index in [1.807, 2.05) is 29.2 Å². The molecule has 0 unspecified atom stereocenters. The van der Waals surface area contributed by atoms with E-state index in [0.29, 0.717) is 12.1 Å². The Bertz CT molecular complexity index is 815. The van der Waals surface area contributed by atoms with Gasteiger partial charge in [0.1, 0.15) is 0 Å². The second kappa shape index (κ2) is 7.60. The molecular weight excluding hydrogens is 326 g/mol. The molecule has 0 bridgehead atoms. The Kier molecular flexibility index (Phi) is 5.26. The number of primary amides is 1. The Hall–Kier alpha value is -2.82. The van der Waals surface area contributed by atoms with Crippen LogP contribution in [0.2, 0.25) is 0 Å². The van der Waals surface area contributed by atoms with E-state index in [1.165, 1.54) is 16.7 Å². The SMILES string of the molecule is Cc1ccc([C@@H]2CCCN2C(=O)c2ccc(CNC(N)=O)cc2)cc1C. The molecule has 26 heavy (non-hydrogen) atoms. The van der Waals surface area contributed by atoms with Gasteiger partial charge in [0.05, 0.1) is 6.04 Å². The number of nitrogens with zero attached hydrogens (tertiary/aromatic N) is 1. The maximum Gasteiger partial charge on any atom is 0.312 e. The van der Waals surface area contributed by atoms with Crippen LogP contribution in [0.3, 0.4) is 0 Å². The predicted octanol–water partition coefficient (Wildman–Crippen LogP) is 3.45. The molecule has 0 aromatic heterocycles. The van der Waals surface area contributed by atoms with E-state index < -0.39 is 6.03 Å². The van der Waals surface area contributed by atoms with Crippen LogP contribution in [0, 0.1) is 13.8 Å². The molecule has 1 aliphatic rings. The van der Waals surface area contributed by atoms with Gasteiger partial charge in [-0.3, -0.25) is 4.79 Å². The first kappa shape index (κ1) is 18.0.